The quantitative estimate of drug-likeness (QED) is 0.279. The van der Waals surface area contributed by atoms with Crippen LogP contribution in [0.25, 0.3) is 22.1 Å². The molecule has 2 aliphatic heterocycles. The molecule has 2 amide bonds. The van der Waals surface area contributed by atoms with E-state index >= 15 is 0 Å². The highest BCUT2D eigenvalue weighted by Gasteiger charge is 2.54. The van der Waals surface area contributed by atoms with Gasteiger partial charge in [0.25, 0.3) is 5.91 Å². The van der Waals surface area contributed by atoms with Gasteiger partial charge < -0.3 is 14.8 Å². The van der Waals surface area contributed by atoms with Crippen molar-refractivity contribution in [2.24, 2.45) is 0 Å². The lowest BCUT2D eigenvalue weighted by atomic mass is 10.0. The summed E-state index contributed by atoms with van der Waals surface area (Å²) in [6, 6.07) is 10.1. The summed E-state index contributed by atoms with van der Waals surface area (Å²) in [5, 5.41) is 2.21. The van der Waals surface area contributed by atoms with Crippen LogP contribution in [0.5, 0.6) is 0 Å². The maximum atomic E-state index is 13.0. The largest absolute Gasteiger partial charge is 0.456 e. The van der Waals surface area contributed by atoms with E-state index in [4.69, 9.17) is 9.47 Å². The zero-order chi connectivity index (χ0) is 25.5. The molecule has 0 saturated carbocycles. The summed E-state index contributed by atoms with van der Waals surface area (Å²) in [4.78, 5) is 39.7. The van der Waals surface area contributed by atoms with Gasteiger partial charge in [0, 0.05) is 5.75 Å². The molecule has 0 bridgehead atoms. The summed E-state index contributed by atoms with van der Waals surface area (Å²) >= 11 is 3.70. The van der Waals surface area contributed by atoms with Gasteiger partial charge in [-0.3, -0.25) is 9.69 Å². The van der Waals surface area contributed by atoms with E-state index in [2.05, 4.69) is 22.8 Å². The van der Waals surface area contributed by atoms with Gasteiger partial charge in [0.1, 0.15) is 52.4 Å². The molecule has 14 heteroatoms. The molecule has 11 nitrogen and oxygen atoms in total. The highest BCUT2D eigenvalue weighted by Crippen LogP contribution is 2.40. The number of nitrogens with one attached hydrogen (secondary N) is 1. The number of alkyl carbamates (subject to hydrolysis) is 1. The van der Waals surface area contributed by atoms with Crippen LogP contribution < -0.4 is 5.32 Å². The van der Waals surface area contributed by atoms with Gasteiger partial charge in [-0.2, -0.15) is 17.5 Å². The number of rotatable bonds is 6. The van der Waals surface area contributed by atoms with Crippen LogP contribution in [0.3, 0.4) is 0 Å². The van der Waals surface area contributed by atoms with Crippen molar-refractivity contribution >= 4 is 75.3 Å². The summed E-state index contributed by atoms with van der Waals surface area (Å²) in [7, 11) is 0. The normalized spacial score (nSPS) is 19.1. The van der Waals surface area contributed by atoms with Crippen LogP contribution in [0.2, 0.25) is 0 Å². The molecule has 0 unspecified atom stereocenters. The Morgan fingerprint density at radius 1 is 0.946 bits per heavy atom. The number of hydrogen-bond donors (Lipinski definition) is 1. The molecule has 0 aliphatic carbocycles. The molecule has 37 heavy (non-hydrogen) atoms. The second-order valence-electron chi connectivity index (χ2n) is 8.49. The van der Waals surface area contributed by atoms with Crippen molar-refractivity contribution in [1.29, 1.82) is 0 Å². The number of thioether (sulfide) groups is 1. The SMILES string of the molecule is CC1=C(C(=O)OCc2ccc3nsnc3c2)N2C(=O)[C@@H](NC(=O)OCc3ccc4nsnc4c3)[C@H]2SC1. The van der Waals surface area contributed by atoms with E-state index in [0.717, 1.165) is 62.2 Å². The number of benzene rings is 2. The molecule has 188 valence electrons. The minimum absolute atomic E-state index is 0.0288. The summed E-state index contributed by atoms with van der Waals surface area (Å²) in [5.74, 6) is -0.435. The average molecular weight is 555 g/mol. The Labute approximate surface area is 222 Å². The van der Waals surface area contributed by atoms with E-state index in [9.17, 15) is 14.4 Å². The first-order chi connectivity index (χ1) is 18.0. The second kappa shape index (κ2) is 9.68. The number of amides is 2. The molecule has 4 aromatic rings. The molecule has 4 heterocycles. The van der Waals surface area contributed by atoms with E-state index in [1.165, 1.54) is 16.7 Å². The van der Waals surface area contributed by atoms with Crippen LogP contribution in [0.15, 0.2) is 47.7 Å². The fourth-order valence-electron chi connectivity index (χ4n) is 4.13. The van der Waals surface area contributed by atoms with Gasteiger partial charge in [0.05, 0.1) is 23.5 Å². The number of carbonyl (C=O) groups excluding carboxylic acids is 3. The molecule has 1 fully saturated rings. The molecule has 2 aliphatic rings. The molecule has 2 aromatic carbocycles. The first-order valence-corrected chi connectivity index (χ1v) is 13.7. The third kappa shape index (κ3) is 4.51. The van der Waals surface area contributed by atoms with Crippen molar-refractivity contribution in [2.45, 2.75) is 31.6 Å². The topological polar surface area (TPSA) is 136 Å². The van der Waals surface area contributed by atoms with Crippen molar-refractivity contribution in [3.05, 3.63) is 58.8 Å². The van der Waals surface area contributed by atoms with Crippen molar-refractivity contribution in [3.63, 3.8) is 0 Å². The predicted octanol–water partition coefficient (Wildman–Crippen LogP) is 3.22. The third-order valence-electron chi connectivity index (χ3n) is 6.00. The fourth-order valence-corrected chi connectivity index (χ4v) is 6.46. The molecule has 2 aromatic heterocycles. The van der Waals surface area contributed by atoms with Crippen LogP contribution >= 0.6 is 35.2 Å². The Morgan fingerprint density at radius 3 is 2.19 bits per heavy atom. The molecule has 2 atom stereocenters. The van der Waals surface area contributed by atoms with Gasteiger partial charge in [-0.1, -0.05) is 12.1 Å². The van der Waals surface area contributed by atoms with Crippen molar-refractivity contribution in [3.8, 4) is 0 Å². The van der Waals surface area contributed by atoms with Crippen molar-refractivity contribution < 1.29 is 23.9 Å². The molecule has 0 spiro atoms. The van der Waals surface area contributed by atoms with E-state index < -0.39 is 23.5 Å². The minimum atomic E-state index is -0.793. The number of β-lactam (4-membered cyclic amide) rings is 1. The first kappa shape index (κ1) is 23.8. The molecular weight excluding hydrogens is 536 g/mol. The first-order valence-electron chi connectivity index (χ1n) is 11.1. The number of esters is 1. The Hall–Kier alpha value is -3.62. The number of aromatic nitrogens is 4. The van der Waals surface area contributed by atoms with Crippen molar-refractivity contribution in [2.75, 3.05) is 5.75 Å². The van der Waals surface area contributed by atoms with Gasteiger partial charge in [-0.15, -0.1) is 11.8 Å². The monoisotopic (exact) mass is 554 g/mol. The predicted molar refractivity (Wildman–Crippen MR) is 138 cm³/mol. The zero-order valence-electron chi connectivity index (χ0n) is 19.2. The van der Waals surface area contributed by atoms with E-state index in [-0.39, 0.29) is 24.8 Å². The van der Waals surface area contributed by atoms with Crippen molar-refractivity contribution in [1.82, 2.24) is 27.7 Å². The van der Waals surface area contributed by atoms with Crippen LogP contribution in [0, 0.1) is 0 Å². The maximum Gasteiger partial charge on any atom is 0.408 e. The molecular formula is C23H18N6O5S3. The highest BCUT2D eigenvalue weighted by atomic mass is 32.2. The third-order valence-corrected chi connectivity index (χ3v) is 8.54. The summed E-state index contributed by atoms with van der Waals surface area (Å²) in [5.41, 5.74) is 5.54. The Balaban J connectivity index is 1.06. The van der Waals surface area contributed by atoms with Gasteiger partial charge in [-0.05, 0) is 47.9 Å². The minimum Gasteiger partial charge on any atom is -0.456 e. The molecule has 6 rings (SSSR count). The molecule has 1 N–H and O–H groups in total. The number of fused-ring (bicyclic) bond motifs is 3. The summed E-state index contributed by atoms with van der Waals surface area (Å²) in [6.07, 6.45) is -0.711. The van der Waals surface area contributed by atoms with Gasteiger partial charge >= 0.3 is 12.1 Å². The Morgan fingerprint density at radius 2 is 1.54 bits per heavy atom. The van der Waals surface area contributed by atoms with Gasteiger partial charge in [0.15, 0.2) is 0 Å². The van der Waals surface area contributed by atoms with Crippen LogP contribution in [-0.2, 0) is 32.3 Å². The van der Waals surface area contributed by atoms with Gasteiger partial charge in [-0.25, -0.2) is 9.59 Å². The molecule has 0 radical (unpaired) electrons. The number of hydrogen-bond acceptors (Lipinski definition) is 12. The standard InChI is InChI=1S/C23H18N6O5S3/c1-11-10-35-21-18(24-23(32)34-9-13-3-5-15-17(7-13)28-37-26-15)20(30)29(21)19(11)22(31)33-8-12-2-4-14-16(6-12)27-36-25-14/h2-7,18,21H,8-10H2,1H3,(H,24,32)/t18-,21-/m1/s1. The highest BCUT2D eigenvalue weighted by molar-refractivity contribution is 8.00. The average Bonchev–Trinajstić information content (AvgIpc) is 3.57. The van der Waals surface area contributed by atoms with Gasteiger partial charge in [0.2, 0.25) is 0 Å². The lowest BCUT2D eigenvalue weighted by Crippen LogP contribution is -2.70. The lowest BCUT2D eigenvalue weighted by Gasteiger charge is -2.49. The number of nitrogens with zero attached hydrogens (tertiary/aromatic N) is 5. The Kier molecular flexibility index (Phi) is 6.22. The second-order valence-corrected chi connectivity index (χ2v) is 10.6. The van der Waals surface area contributed by atoms with E-state index in [1.54, 1.807) is 13.0 Å². The summed E-state index contributed by atoms with van der Waals surface area (Å²) in [6.45, 7) is 1.87. The number of carbonyl (C=O) groups is 3. The van der Waals surface area contributed by atoms with Crippen LogP contribution in [-0.4, -0.2) is 57.5 Å². The summed E-state index contributed by atoms with van der Waals surface area (Å²) < 4.78 is 27.5. The smallest absolute Gasteiger partial charge is 0.408 e. The molecule has 1 saturated heterocycles. The lowest BCUT2D eigenvalue weighted by molar-refractivity contribution is -0.152. The Bertz CT molecular complexity index is 1580. The van der Waals surface area contributed by atoms with Crippen LogP contribution in [0.4, 0.5) is 4.79 Å². The zero-order valence-corrected chi connectivity index (χ0v) is 21.7. The van der Waals surface area contributed by atoms with E-state index in [0.29, 0.717) is 5.75 Å². The maximum absolute atomic E-state index is 13.0. The van der Waals surface area contributed by atoms with E-state index in [1.807, 2.05) is 30.3 Å². The number of ether oxygens (including phenoxy) is 2. The van der Waals surface area contributed by atoms with Crippen LogP contribution in [0.1, 0.15) is 18.1 Å². The fraction of sp³-hybridized carbons (Fsp3) is 0.261.